The minimum Gasteiger partial charge on any atom is -0.469 e. The standard InChI is InChI=1S/C15H20N2O3/c1-20-15(19)12-7-3-2-4-8-13(12)17-14(18)11-6-5-9-16-10-11/h5-6,9-10,12-13H,2-4,7-8H2,1H3,(H,17,18)/t12-,13+/m0/s1. The molecule has 2 rings (SSSR count). The van der Waals surface area contributed by atoms with Gasteiger partial charge in [-0.25, -0.2) is 0 Å². The van der Waals surface area contributed by atoms with Crippen LogP contribution >= 0.6 is 0 Å². The normalized spacial score (nSPS) is 22.6. The van der Waals surface area contributed by atoms with Crippen LogP contribution in [0.25, 0.3) is 0 Å². The number of pyridine rings is 1. The molecule has 1 fully saturated rings. The quantitative estimate of drug-likeness (QED) is 0.676. The van der Waals surface area contributed by atoms with Crippen LogP contribution in [0.1, 0.15) is 42.5 Å². The van der Waals surface area contributed by atoms with Crippen LogP contribution in [0.5, 0.6) is 0 Å². The van der Waals surface area contributed by atoms with E-state index in [1.54, 1.807) is 18.3 Å². The Morgan fingerprint density at radius 3 is 2.80 bits per heavy atom. The summed E-state index contributed by atoms with van der Waals surface area (Å²) in [5.74, 6) is -0.662. The molecule has 5 nitrogen and oxygen atoms in total. The number of carbonyl (C=O) groups excluding carboxylic acids is 2. The highest BCUT2D eigenvalue weighted by atomic mass is 16.5. The number of amides is 1. The minimum absolute atomic E-state index is 0.155. The number of ether oxygens (including phenoxy) is 1. The lowest BCUT2D eigenvalue weighted by atomic mass is 9.94. The molecule has 1 aromatic heterocycles. The first-order chi connectivity index (χ1) is 9.72. The summed E-state index contributed by atoms with van der Waals surface area (Å²) >= 11 is 0. The molecule has 0 saturated heterocycles. The van der Waals surface area contributed by atoms with E-state index in [-0.39, 0.29) is 23.8 Å². The van der Waals surface area contributed by atoms with Gasteiger partial charge < -0.3 is 10.1 Å². The maximum Gasteiger partial charge on any atom is 0.310 e. The van der Waals surface area contributed by atoms with Crippen molar-refractivity contribution >= 4 is 11.9 Å². The van der Waals surface area contributed by atoms with E-state index in [0.717, 1.165) is 32.1 Å². The van der Waals surface area contributed by atoms with Crippen molar-refractivity contribution in [1.82, 2.24) is 10.3 Å². The molecule has 0 spiro atoms. The smallest absolute Gasteiger partial charge is 0.310 e. The van der Waals surface area contributed by atoms with E-state index in [0.29, 0.717) is 5.56 Å². The van der Waals surface area contributed by atoms with Gasteiger partial charge in [0.2, 0.25) is 0 Å². The Hall–Kier alpha value is -1.91. The average molecular weight is 276 g/mol. The second-order valence-electron chi connectivity index (χ2n) is 5.09. The molecule has 1 heterocycles. The summed E-state index contributed by atoms with van der Waals surface area (Å²) in [6.45, 7) is 0. The number of nitrogens with zero attached hydrogens (tertiary/aromatic N) is 1. The molecule has 108 valence electrons. The Bertz CT molecular complexity index is 461. The summed E-state index contributed by atoms with van der Waals surface area (Å²) in [5, 5.41) is 2.96. The molecular formula is C15H20N2O3. The molecule has 1 N–H and O–H groups in total. The van der Waals surface area contributed by atoms with Gasteiger partial charge in [0.15, 0.2) is 0 Å². The Morgan fingerprint density at radius 1 is 1.30 bits per heavy atom. The summed E-state index contributed by atoms with van der Waals surface area (Å²) < 4.78 is 4.86. The first-order valence-electron chi connectivity index (χ1n) is 7.01. The first-order valence-corrected chi connectivity index (χ1v) is 7.01. The molecule has 0 radical (unpaired) electrons. The van der Waals surface area contributed by atoms with Gasteiger partial charge in [-0.2, -0.15) is 0 Å². The van der Waals surface area contributed by atoms with Crippen LogP contribution in [0.3, 0.4) is 0 Å². The van der Waals surface area contributed by atoms with Crippen molar-refractivity contribution in [2.45, 2.75) is 38.1 Å². The summed E-state index contributed by atoms with van der Waals surface area (Å²) in [6, 6.07) is 3.28. The lowest BCUT2D eigenvalue weighted by molar-refractivity contribution is -0.146. The van der Waals surface area contributed by atoms with Gasteiger partial charge in [0.1, 0.15) is 0 Å². The van der Waals surface area contributed by atoms with Crippen molar-refractivity contribution in [2.24, 2.45) is 5.92 Å². The lowest BCUT2D eigenvalue weighted by Gasteiger charge is -2.24. The van der Waals surface area contributed by atoms with Gasteiger partial charge in [0, 0.05) is 18.4 Å². The van der Waals surface area contributed by atoms with E-state index < -0.39 is 0 Å². The highest BCUT2D eigenvalue weighted by molar-refractivity contribution is 5.94. The van der Waals surface area contributed by atoms with Crippen molar-refractivity contribution in [3.05, 3.63) is 30.1 Å². The van der Waals surface area contributed by atoms with Crippen LogP contribution in [0, 0.1) is 5.92 Å². The number of hydrogen-bond donors (Lipinski definition) is 1. The molecule has 0 aliphatic heterocycles. The first kappa shape index (κ1) is 14.5. The number of nitrogens with one attached hydrogen (secondary N) is 1. The van der Waals surface area contributed by atoms with E-state index in [4.69, 9.17) is 4.74 Å². The second-order valence-corrected chi connectivity index (χ2v) is 5.09. The van der Waals surface area contributed by atoms with E-state index in [1.807, 2.05) is 0 Å². The molecule has 1 aromatic rings. The monoisotopic (exact) mass is 276 g/mol. The number of hydrogen-bond acceptors (Lipinski definition) is 4. The van der Waals surface area contributed by atoms with Crippen molar-refractivity contribution in [2.75, 3.05) is 7.11 Å². The predicted octanol–water partition coefficient (Wildman–Crippen LogP) is 1.93. The van der Waals surface area contributed by atoms with Gasteiger partial charge in [-0.15, -0.1) is 0 Å². The van der Waals surface area contributed by atoms with Gasteiger partial charge in [-0.05, 0) is 25.0 Å². The molecule has 0 aromatic carbocycles. The maximum atomic E-state index is 12.2. The van der Waals surface area contributed by atoms with E-state index >= 15 is 0 Å². The number of esters is 1. The topological polar surface area (TPSA) is 68.3 Å². The zero-order valence-corrected chi connectivity index (χ0v) is 11.7. The third kappa shape index (κ3) is 3.56. The second kappa shape index (κ2) is 7.03. The molecule has 2 atom stereocenters. The van der Waals surface area contributed by atoms with E-state index in [1.165, 1.54) is 13.3 Å². The minimum atomic E-state index is -0.247. The SMILES string of the molecule is COC(=O)[C@H]1CCCCC[C@H]1NC(=O)c1cccnc1. The molecule has 0 unspecified atom stereocenters. The van der Waals surface area contributed by atoms with Crippen LogP contribution in [0.2, 0.25) is 0 Å². The van der Waals surface area contributed by atoms with E-state index in [9.17, 15) is 9.59 Å². The largest absolute Gasteiger partial charge is 0.469 e. The average Bonchev–Trinajstić information content (AvgIpc) is 2.73. The molecule has 20 heavy (non-hydrogen) atoms. The van der Waals surface area contributed by atoms with Gasteiger partial charge in [-0.1, -0.05) is 19.3 Å². The fourth-order valence-electron chi connectivity index (χ4n) is 2.66. The third-order valence-electron chi connectivity index (χ3n) is 3.76. The van der Waals surface area contributed by atoms with Crippen molar-refractivity contribution < 1.29 is 14.3 Å². The molecule has 1 aliphatic rings. The molecule has 1 aliphatic carbocycles. The van der Waals surface area contributed by atoms with Crippen molar-refractivity contribution in [3.8, 4) is 0 Å². The van der Waals surface area contributed by atoms with Gasteiger partial charge >= 0.3 is 5.97 Å². The molecular weight excluding hydrogens is 256 g/mol. The maximum absolute atomic E-state index is 12.2. The number of methoxy groups -OCH3 is 1. The zero-order chi connectivity index (χ0) is 14.4. The highest BCUT2D eigenvalue weighted by Gasteiger charge is 2.31. The Morgan fingerprint density at radius 2 is 2.10 bits per heavy atom. The third-order valence-corrected chi connectivity index (χ3v) is 3.76. The summed E-state index contributed by atoms with van der Waals surface area (Å²) in [5.41, 5.74) is 0.514. The van der Waals surface area contributed by atoms with Crippen LogP contribution in [-0.4, -0.2) is 30.0 Å². The van der Waals surface area contributed by atoms with Crippen LogP contribution in [-0.2, 0) is 9.53 Å². The van der Waals surface area contributed by atoms with Crippen LogP contribution < -0.4 is 5.32 Å². The number of carbonyl (C=O) groups is 2. The fraction of sp³-hybridized carbons (Fsp3) is 0.533. The van der Waals surface area contributed by atoms with Crippen LogP contribution in [0.4, 0.5) is 0 Å². The lowest BCUT2D eigenvalue weighted by Crippen LogP contribution is -2.43. The van der Waals surface area contributed by atoms with Gasteiger partial charge in [-0.3, -0.25) is 14.6 Å². The fourth-order valence-corrected chi connectivity index (χ4v) is 2.66. The van der Waals surface area contributed by atoms with E-state index in [2.05, 4.69) is 10.3 Å². The number of rotatable bonds is 3. The molecule has 5 heteroatoms. The Balaban J connectivity index is 2.07. The molecule has 1 saturated carbocycles. The van der Waals surface area contributed by atoms with Gasteiger partial charge in [0.25, 0.3) is 5.91 Å². The van der Waals surface area contributed by atoms with Crippen LogP contribution in [0.15, 0.2) is 24.5 Å². The summed E-state index contributed by atoms with van der Waals surface area (Å²) in [7, 11) is 1.40. The zero-order valence-electron chi connectivity index (χ0n) is 11.7. The Labute approximate surface area is 118 Å². The Kier molecular flexibility index (Phi) is 5.09. The molecule has 0 bridgehead atoms. The summed E-state index contributed by atoms with van der Waals surface area (Å²) in [6.07, 6.45) is 7.84. The predicted molar refractivity (Wildman–Crippen MR) is 74.1 cm³/mol. The highest BCUT2D eigenvalue weighted by Crippen LogP contribution is 2.24. The molecule has 1 amide bonds. The van der Waals surface area contributed by atoms with Gasteiger partial charge in [0.05, 0.1) is 18.6 Å². The van der Waals surface area contributed by atoms with Crippen molar-refractivity contribution in [1.29, 1.82) is 0 Å². The van der Waals surface area contributed by atoms with Crippen molar-refractivity contribution in [3.63, 3.8) is 0 Å². The summed E-state index contributed by atoms with van der Waals surface area (Å²) in [4.78, 5) is 28.0. The number of aromatic nitrogens is 1.